The third-order valence-electron chi connectivity index (χ3n) is 7.34. The lowest BCUT2D eigenvalue weighted by Gasteiger charge is -2.24. The second-order valence-corrected chi connectivity index (χ2v) is 9.99. The molecule has 1 amide bonds. The SMILES string of the molecule is CCOC(=O)c1cccc2[nH]c(=O)c(-c3ccccc3)c(O)c12.O=C1Nc2cccc3c(=O)[nH]nc(c23)C1c1ccccc1. The van der Waals surface area contributed by atoms with E-state index in [9.17, 15) is 24.3 Å². The molecule has 0 spiro atoms. The van der Waals surface area contributed by atoms with Crippen molar-refractivity contribution in [3.63, 3.8) is 0 Å². The minimum absolute atomic E-state index is 0.134. The Balaban J connectivity index is 0.000000156. The summed E-state index contributed by atoms with van der Waals surface area (Å²) in [6.45, 7) is 1.94. The molecule has 0 radical (unpaired) electrons. The summed E-state index contributed by atoms with van der Waals surface area (Å²) >= 11 is 0. The number of hydrogen-bond acceptors (Lipinski definition) is 7. The number of carbonyl (C=O) groups is 2. The molecule has 10 heteroatoms. The molecule has 6 aromatic rings. The number of rotatable bonds is 4. The zero-order valence-corrected chi connectivity index (χ0v) is 23.5. The lowest BCUT2D eigenvalue weighted by molar-refractivity contribution is -0.116. The quantitative estimate of drug-likeness (QED) is 0.210. The van der Waals surface area contributed by atoms with Gasteiger partial charge in [-0.05, 0) is 42.3 Å². The van der Waals surface area contributed by atoms with E-state index in [-0.39, 0.29) is 40.3 Å². The van der Waals surface area contributed by atoms with Crippen LogP contribution in [-0.4, -0.2) is 38.8 Å². The number of carbonyl (C=O) groups excluding carboxylic acids is 2. The van der Waals surface area contributed by atoms with E-state index in [1.807, 2.05) is 36.4 Å². The van der Waals surface area contributed by atoms with Crippen molar-refractivity contribution >= 4 is 39.2 Å². The van der Waals surface area contributed by atoms with Gasteiger partial charge < -0.3 is 20.1 Å². The van der Waals surface area contributed by atoms with Gasteiger partial charge in [-0.3, -0.25) is 14.4 Å². The molecule has 1 aliphatic rings. The Morgan fingerprint density at radius 1 is 0.841 bits per heavy atom. The molecule has 218 valence electrons. The van der Waals surface area contributed by atoms with Crippen molar-refractivity contribution in [3.8, 4) is 16.9 Å². The minimum Gasteiger partial charge on any atom is -0.506 e. The Morgan fingerprint density at radius 2 is 1.55 bits per heavy atom. The predicted octanol–water partition coefficient (Wildman–Crippen LogP) is 5.08. The molecule has 4 aromatic carbocycles. The number of amides is 1. The average molecular weight is 587 g/mol. The summed E-state index contributed by atoms with van der Waals surface area (Å²) < 4.78 is 5.02. The van der Waals surface area contributed by atoms with Crippen LogP contribution in [0.1, 0.15) is 34.5 Å². The van der Waals surface area contributed by atoms with Gasteiger partial charge in [-0.1, -0.05) is 72.8 Å². The summed E-state index contributed by atoms with van der Waals surface area (Å²) in [6, 6.07) is 28.3. The van der Waals surface area contributed by atoms with Gasteiger partial charge in [-0.15, -0.1) is 0 Å². The van der Waals surface area contributed by atoms with Crippen LogP contribution in [0.4, 0.5) is 5.69 Å². The van der Waals surface area contributed by atoms with Gasteiger partial charge in [0.05, 0.1) is 45.4 Å². The number of nitrogens with zero attached hydrogens (tertiary/aromatic N) is 1. The maximum atomic E-state index is 12.4. The van der Waals surface area contributed by atoms with E-state index in [4.69, 9.17) is 4.74 Å². The Labute approximate surface area is 250 Å². The van der Waals surface area contributed by atoms with Crippen LogP contribution in [0.15, 0.2) is 107 Å². The highest BCUT2D eigenvalue weighted by Crippen LogP contribution is 2.37. The van der Waals surface area contributed by atoms with Gasteiger partial charge in [0.15, 0.2) is 0 Å². The first-order chi connectivity index (χ1) is 21.4. The fourth-order valence-electron chi connectivity index (χ4n) is 5.42. The minimum atomic E-state index is -0.542. The highest BCUT2D eigenvalue weighted by atomic mass is 16.5. The fourth-order valence-corrected chi connectivity index (χ4v) is 5.42. The van der Waals surface area contributed by atoms with Crippen LogP contribution < -0.4 is 16.4 Å². The first kappa shape index (κ1) is 28.1. The molecule has 1 aliphatic heterocycles. The molecule has 1 unspecified atom stereocenters. The maximum absolute atomic E-state index is 12.4. The van der Waals surface area contributed by atoms with Crippen molar-refractivity contribution in [2.45, 2.75) is 12.8 Å². The number of hydrogen-bond donors (Lipinski definition) is 4. The molecular formula is C34H26N4O6. The highest BCUT2D eigenvalue weighted by molar-refractivity contribution is 6.12. The summed E-state index contributed by atoms with van der Waals surface area (Å²) in [7, 11) is 0. The van der Waals surface area contributed by atoms with Gasteiger partial charge in [-0.2, -0.15) is 5.10 Å². The van der Waals surface area contributed by atoms with Crippen molar-refractivity contribution in [1.29, 1.82) is 0 Å². The van der Waals surface area contributed by atoms with Crippen LogP contribution in [0.25, 0.3) is 32.8 Å². The Kier molecular flexibility index (Phi) is 7.47. The van der Waals surface area contributed by atoms with Crippen LogP contribution >= 0.6 is 0 Å². The molecule has 1 atom stereocenters. The van der Waals surface area contributed by atoms with E-state index in [2.05, 4.69) is 20.5 Å². The van der Waals surface area contributed by atoms with Crippen molar-refractivity contribution in [3.05, 3.63) is 135 Å². The van der Waals surface area contributed by atoms with Crippen LogP contribution in [-0.2, 0) is 9.53 Å². The highest BCUT2D eigenvalue weighted by Gasteiger charge is 2.32. The Morgan fingerprint density at radius 3 is 2.27 bits per heavy atom. The summed E-state index contributed by atoms with van der Waals surface area (Å²) in [6.07, 6.45) is 0. The number of pyridine rings is 1. The van der Waals surface area contributed by atoms with Gasteiger partial charge >= 0.3 is 5.97 Å². The summed E-state index contributed by atoms with van der Waals surface area (Å²) in [5.74, 6) is -1.42. The van der Waals surface area contributed by atoms with Crippen molar-refractivity contribution in [2.75, 3.05) is 11.9 Å². The number of nitrogens with one attached hydrogen (secondary N) is 3. The first-order valence-corrected chi connectivity index (χ1v) is 13.9. The maximum Gasteiger partial charge on any atom is 0.338 e. The number of anilines is 1. The van der Waals surface area contributed by atoms with Crippen molar-refractivity contribution in [1.82, 2.24) is 15.2 Å². The monoisotopic (exact) mass is 586 g/mol. The first-order valence-electron chi connectivity index (χ1n) is 13.9. The summed E-state index contributed by atoms with van der Waals surface area (Å²) in [4.78, 5) is 51.5. The van der Waals surface area contributed by atoms with Crippen molar-refractivity contribution < 1.29 is 19.4 Å². The van der Waals surface area contributed by atoms with Crippen LogP contribution in [0.3, 0.4) is 0 Å². The topological polar surface area (TPSA) is 154 Å². The molecule has 0 saturated carbocycles. The molecule has 0 aliphatic carbocycles. The van der Waals surface area contributed by atoms with E-state index >= 15 is 0 Å². The third kappa shape index (κ3) is 4.98. The number of fused-ring (bicyclic) bond motifs is 1. The van der Waals surface area contributed by atoms with E-state index < -0.39 is 17.4 Å². The Hall–Kier alpha value is -6.03. The fraction of sp³-hybridized carbons (Fsp3) is 0.0882. The van der Waals surface area contributed by atoms with Crippen molar-refractivity contribution in [2.24, 2.45) is 0 Å². The number of aromatic amines is 2. The van der Waals surface area contributed by atoms with Crippen LogP contribution in [0, 0.1) is 0 Å². The second kappa shape index (κ2) is 11.7. The molecule has 0 bridgehead atoms. The van der Waals surface area contributed by atoms with Gasteiger partial charge in [0.2, 0.25) is 5.91 Å². The normalized spacial score (nSPS) is 13.6. The van der Waals surface area contributed by atoms with E-state index in [0.29, 0.717) is 27.8 Å². The van der Waals surface area contributed by atoms with E-state index in [1.165, 1.54) is 0 Å². The molecule has 44 heavy (non-hydrogen) atoms. The molecule has 0 saturated heterocycles. The molecule has 2 aromatic heterocycles. The largest absolute Gasteiger partial charge is 0.506 e. The molecule has 4 N–H and O–H groups in total. The Bertz CT molecular complexity index is 2160. The standard InChI is InChI=1S/C18H15NO4.C16H11N3O2/c1-2-23-18(22)12-9-6-10-13-15(12)16(20)14(17(21)19-13)11-7-4-3-5-8-11;20-15-10-7-4-8-11-13(10)14(18-19-15)12(16(21)17-11)9-5-2-1-3-6-9/h3-10H,2H2,1H3,(H2,19,20,21);1-8,12H,(H,17,21)(H,19,20). The number of aromatic hydroxyl groups is 1. The van der Waals surface area contributed by atoms with Crippen LogP contribution in [0.5, 0.6) is 5.75 Å². The molecule has 7 rings (SSSR count). The molecule has 3 heterocycles. The van der Waals surface area contributed by atoms with E-state index in [1.54, 1.807) is 67.6 Å². The summed E-state index contributed by atoms with van der Waals surface area (Å²) in [5.41, 5.74) is 2.73. The second-order valence-electron chi connectivity index (χ2n) is 9.99. The number of benzene rings is 4. The number of esters is 1. The van der Waals surface area contributed by atoms with Crippen LogP contribution in [0.2, 0.25) is 0 Å². The molecule has 10 nitrogen and oxygen atoms in total. The summed E-state index contributed by atoms with van der Waals surface area (Å²) in [5, 5.41) is 21.7. The number of H-pyrrole nitrogens is 2. The lowest BCUT2D eigenvalue weighted by atomic mass is 9.88. The third-order valence-corrected chi connectivity index (χ3v) is 7.34. The van der Waals surface area contributed by atoms with Gasteiger partial charge in [0, 0.05) is 5.39 Å². The zero-order valence-electron chi connectivity index (χ0n) is 23.5. The van der Waals surface area contributed by atoms with E-state index in [0.717, 1.165) is 10.9 Å². The number of ether oxygens (including phenoxy) is 1. The predicted molar refractivity (Wildman–Crippen MR) is 167 cm³/mol. The molecular weight excluding hydrogens is 560 g/mol. The smallest absolute Gasteiger partial charge is 0.338 e. The zero-order chi connectivity index (χ0) is 30.8. The van der Waals surface area contributed by atoms with Gasteiger partial charge in [0.1, 0.15) is 11.7 Å². The molecule has 0 fully saturated rings. The average Bonchev–Trinajstić information content (AvgIpc) is 3.03. The number of aromatic nitrogens is 3. The van der Waals surface area contributed by atoms with Gasteiger partial charge in [-0.25, -0.2) is 9.89 Å². The van der Waals surface area contributed by atoms with Gasteiger partial charge in [0.25, 0.3) is 11.1 Å². The lowest BCUT2D eigenvalue weighted by Crippen LogP contribution is -2.29.